The van der Waals surface area contributed by atoms with Crippen molar-refractivity contribution >= 4 is 21.6 Å². The molecule has 5 rings (SSSR count). The van der Waals surface area contributed by atoms with Crippen molar-refractivity contribution in [2.24, 2.45) is 0 Å². The molecular weight excluding hydrogens is 412 g/mol. The van der Waals surface area contributed by atoms with Crippen LogP contribution in [0.5, 0.6) is 0 Å². The normalized spacial score (nSPS) is 15.6. The number of halogens is 1. The molecule has 0 N–H and O–H groups in total. The van der Waals surface area contributed by atoms with Gasteiger partial charge in [-0.05, 0) is 57.9 Å². The molecule has 3 aromatic rings. The quantitative estimate of drug-likeness (QED) is 0.514. The highest BCUT2D eigenvalue weighted by Gasteiger charge is 2.26. The minimum atomic E-state index is 0.773. The highest BCUT2D eigenvalue weighted by molar-refractivity contribution is 9.10. The molecule has 0 fully saturated rings. The molecule has 0 bridgehead atoms. The van der Waals surface area contributed by atoms with Crippen LogP contribution in [-0.2, 0) is 26.1 Å². The van der Waals surface area contributed by atoms with Gasteiger partial charge in [-0.15, -0.1) is 0 Å². The maximum Gasteiger partial charge on any atom is 0.102 e. The van der Waals surface area contributed by atoms with Crippen LogP contribution in [0.1, 0.15) is 41.5 Å². The zero-order valence-corrected chi connectivity index (χ0v) is 17.2. The van der Waals surface area contributed by atoms with Gasteiger partial charge in [-0.2, -0.15) is 10.4 Å². The van der Waals surface area contributed by atoms with Gasteiger partial charge in [-0.3, -0.25) is 4.68 Å². The molecule has 1 aromatic heterocycles. The number of rotatable bonds is 1. The first-order valence-electron chi connectivity index (χ1n) is 9.85. The molecule has 0 spiro atoms. The number of nitrogens with zero attached hydrogens (tertiary/aromatic N) is 4. The Morgan fingerprint density at radius 2 is 1.75 bits per heavy atom. The molecule has 0 atom stereocenters. The second-order valence-corrected chi connectivity index (χ2v) is 8.46. The molecule has 0 amide bonds. The van der Waals surface area contributed by atoms with E-state index in [9.17, 15) is 5.26 Å². The maximum atomic E-state index is 10.2. The molecule has 0 saturated heterocycles. The topological polar surface area (TPSA) is 44.9 Å². The number of hydrogen-bond acceptors (Lipinski definition) is 3. The number of hydrogen-bond donors (Lipinski definition) is 0. The summed E-state index contributed by atoms with van der Waals surface area (Å²) in [5, 5.41) is 14.8. The van der Waals surface area contributed by atoms with Gasteiger partial charge in [-0.25, -0.2) is 0 Å². The Kier molecular flexibility index (Phi) is 4.44. The Morgan fingerprint density at radius 1 is 0.964 bits per heavy atom. The summed E-state index contributed by atoms with van der Waals surface area (Å²) in [6.07, 6.45) is 6.31. The largest absolute Gasteiger partial charge is 0.362 e. The van der Waals surface area contributed by atoms with Crippen LogP contribution in [0.15, 0.2) is 47.1 Å². The van der Waals surface area contributed by atoms with Crippen molar-refractivity contribution < 1.29 is 0 Å². The molecule has 28 heavy (non-hydrogen) atoms. The summed E-state index contributed by atoms with van der Waals surface area (Å²) in [5.74, 6) is 0. The van der Waals surface area contributed by atoms with E-state index in [1.165, 1.54) is 23.1 Å². The van der Waals surface area contributed by atoms with Crippen LogP contribution in [0.2, 0.25) is 0 Å². The van der Waals surface area contributed by atoms with E-state index in [4.69, 9.17) is 0 Å². The molecule has 2 aromatic carbocycles. The molecule has 0 saturated carbocycles. The van der Waals surface area contributed by atoms with E-state index < -0.39 is 0 Å². The first-order chi connectivity index (χ1) is 13.8. The number of anilines is 1. The molecule has 0 aliphatic carbocycles. The molecule has 140 valence electrons. The van der Waals surface area contributed by atoms with Crippen LogP contribution in [0.25, 0.3) is 11.3 Å². The van der Waals surface area contributed by atoms with Crippen molar-refractivity contribution in [3.8, 4) is 17.3 Å². The molecule has 3 heterocycles. The van der Waals surface area contributed by atoms with E-state index in [2.05, 4.69) is 73.1 Å². The number of aryl methyl sites for hydroxylation is 2. The van der Waals surface area contributed by atoms with Gasteiger partial charge in [0, 0.05) is 25.2 Å². The lowest BCUT2D eigenvalue weighted by Crippen LogP contribution is -2.17. The highest BCUT2D eigenvalue weighted by atomic mass is 79.9. The zero-order valence-electron chi connectivity index (χ0n) is 15.7. The number of aromatic nitrogens is 2. The third kappa shape index (κ3) is 2.84. The van der Waals surface area contributed by atoms with E-state index in [-0.39, 0.29) is 0 Å². The van der Waals surface area contributed by atoms with E-state index in [1.54, 1.807) is 0 Å². The monoisotopic (exact) mass is 432 g/mol. The summed E-state index contributed by atoms with van der Waals surface area (Å²) in [7, 11) is 0. The van der Waals surface area contributed by atoms with Gasteiger partial charge >= 0.3 is 0 Å². The molecule has 0 unspecified atom stereocenters. The molecule has 5 heteroatoms. The van der Waals surface area contributed by atoms with E-state index in [1.807, 2.05) is 6.20 Å². The first kappa shape index (κ1) is 17.5. The lowest BCUT2D eigenvalue weighted by atomic mass is 9.93. The van der Waals surface area contributed by atoms with Crippen LogP contribution in [0.4, 0.5) is 5.69 Å². The third-order valence-electron chi connectivity index (χ3n) is 5.91. The summed E-state index contributed by atoms with van der Waals surface area (Å²) < 4.78 is 3.03. The highest BCUT2D eigenvalue weighted by Crippen LogP contribution is 2.41. The van der Waals surface area contributed by atoms with Gasteiger partial charge in [-0.1, -0.05) is 36.8 Å². The summed E-state index contributed by atoms with van der Waals surface area (Å²) in [6.45, 7) is 2.60. The first-order valence-corrected chi connectivity index (χ1v) is 10.6. The molecule has 2 aliphatic rings. The SMILES string of the molecule is N#Cc1c(N2Cc3ccccc3C2)ccc2c1-c1c(Br)cnn1CCCCC2. The van der Waals surface area contributed by atoms with Crippen LogP contribution in [0, 0.1) is 11.3 Å². The second kappa shape index (κ2) is 7.10. The van der Waals surface area contributed by atoms with Crippen molar-refractivity contribution in [1.82, 2.24) is 9.78 Å². The molecule has 2 aliphatic heterocycles. The summed E-state index contributed by atoms with van der Waals surface area (Å²) in [4.78, 5) is 2.32. The van der Waals surface area contributed by atoms with Crippen molar-refractivity contribution in [3.63, 3.8) is 0 Å². The Hall–Kier alpha value is -2.58. The number of nitriles is 1. The van der Waals surface area contributed by atoms with Crippen LogP contribution >= 0.6 is 15.9 Å². The van der Waals surface area contributed by atoms with Gasteiger partial charge in [0.05, 0.1) is 27.6 Å². The lowest BCUT2D eigenvalue weighted by molar-refractivity contribution is 0.554. The minimum absolute atomic E-state index is 0.773. The molecular formula is C23H21BrN4. The van der Waals surface area contributed by atoms with E-state index >= 15 is 0 Å². The lowest BCUT2D eigenvalue weighted by Gasteiger charge is -2.23. The number of fused-ring (bicyclic) bond motifs is 4. The fraction of sp³-hybridized carbons (Fsp3) is 0.304. The van der Waals surface area contributed by atoms with Crippen LogP contribution < -0.4 is 4.90 Å². The van der Waals surface area contributed by atoms with Crippen molar-refractivity contribution in [3.05, 3.63) is 69.3 Å². The summed E-state index contributed by atoms with van der Waals surface area (Å²) >= 11 is 3.70. The maximum absolute atomic E-state index is 10.2. The molecule has 4 nitrogen and oxygen atoms in total. The smallest absolute Gasteiger partial charge is 0.102 e. The summed E-state index contributed by atoms with van der Waals surface area (Å²) in [6, 6.07) is 15.5. The molecule has 0 radical (unpaired) electrons. The van der Waals surface area contributed by atoms with Gasteiger partial charge in [0.15, 0.2) is 0 Å². The fourth-order valence-electron chi connectivity index (χ4n) is 4.53. The Morgan fingerprint density at radius 3 is 2.50 bits per heavy atom. The fourth-order valence-corrected chi connectivity index (χ4v) is 5.02. The number of benzene rings is 2. The van der Waals surface area contributed by atoms with Gasteiger partial charge in [0.25, 0.3) is 0 Å². The van der Waals surface area contributed by atoms with E-state index in [0.717, 1.165) is 65.9 Å². The predicted octanol–water partition coefficient (Wildman–Crippen LogP) is 5.43. The van der Waals surface area contributed by atoms with Crippen molar-refractivity contribution in [1.29, 1.82) is 5.26 Å². The average Bonchev–Trinajstić information content (AvgIpc) is 3.31. The van der Waals surface area contributed by atoms with Crippen LogP contribution in [0.3, 0.4) is 0 Å². The second-order valence-electron chi connectivity index (χ2n) is 7.61. The van der Waals surface area contributed by atoms with Gasteiger partial charge < -0.3 is 4.90 Å². The van der Waals surface area contributed by atoms with Gasteiger partial charge in [0.2, 0.25) is 0 Å². The Labute approximate surface area is 173 Å². The minimum Gasteiger partial charge on any atom is -0.362 e. The summed E-state index contributed by atoms with van der Waals surface area (Å²) in [5.41, 5.74) is 7.85. The Balaban J connectivity index is 1.68. The van der Waals surface area contributed by atoms with E-state index in [0.29, 0.717) is 0 Å². The third-order valence-corrected chi connectivity index (χ3v) is 6.49. The zero-order chi connectivity index (χ0) is 19.1. The van der Waals surface area contributed by atoms with Crippen molar-refractivity contribution in [2.75, 3.05) is 4.90 Å². The van der Waals surface area contributed by atoms with Gasteiger partial charge in [0.1, 0.15) is 6.07 Å². The predicted molar refractivity (Wildman–Crippen MR) is 114 cm³/mol. The Bertz CT molecular complexity index is 1070. The standard InChI is InChI=1S/C23H21BrN4/c24-20-13-26-28-11-5-1-2-6-16-9-10-21(19(12-25)22(16)23(20)28)27-14-17-7-3-4-8-18(17)15-27/h3-4,7-10,13H,1-2,5-6,11,14-15H2. The average molecular weight is 433 g/mol. The van der Waals surface area contributed by atoms with Crippen molar-refractivity contribution in [2.45, 2.75) is 45.3 Å². The van der Waals surface area contributed by atoms with Crippen LogP contribution in [-0.4, -0.2) is 9.78 Å².